The monoisotopic (exact) mass is 984 g/mol. The van der Waals surface area contributed by atoms with Crippen molar-refractivity contribution >= 4 is 47.3 Å². The Balaban J connectivity index is 1.44. The molecule has 4 rings (SSSR count). The molecule has 3 fully saturated rings. The van der Waals surface area contributed by atoms with Crippen molar-refractivity contribution in [3.63, 3.8) is 0 Å². The average Bonchev–Trinajstić information content (AvgIpc) is 3.95. The van der Waals surface area contributed by atoms with E-state index >= 15 is 0 Å². The zero-order chi connectivity index (χ0) is 51.8. The molecule has 1 aromatic carbocycles. The van der Waals surface area contributed by atoms with Crippen molar-refractivity contribution in [3.05, 3.63) is 35.9 Å². The zero-order valence-electron chi connectivity index (χ0n) is 43.5. The second-order valence-electron chi connectivity index (χ2n) is 19.9. The molecule has 9 atom stereocenters. The normalized spacial score (nSPS) is 19.9. The molecule has 0 bridgehead atoms. The first-order chi connectivity index (χ1) is 33.2. The Bertz CT molecular complexity index is 1910. The van der Waals surface area contributed by atoms with Gasteiger partial charge in [-0.3, -0.25) is 43.3 Å². The third kappa shape index (κ3) is 15.3. The van der Waals surface area contributed by atoms with Crippen LogP contribution in [0.15, 0.2) is 30.3 Å². The second kappa shape index (κ2) is 27.6. The van der Waals surface area contributed by atoms with Gasteiger partial charge in [-0.25, -0.2) is 9.86 Å². The maximum atomic E-state index is 14.6. The number of hydrogen-bond acceptors (Lipinski definition) is 13. The Morgan fingerprint density at radius 3 is 2.09 bits per heavy atom. The number of hydroxylamine groups is 4. The average molecular weight is 984 g/mol. The first-order valence-electron chi connectivity index (χ1n) is 25.2. The minimum absolute atomic E-state index is 0.00107. The maximum absolute atomic E-state index is 14.6. The van der Waals surface area contributed by atoms with Gasteiger partial charge in [0.1, 0.15) is 12.1 Å². The van der Waals surface area contributed by atoms with Crippen LogP contribution in [-0.2, 0) is 63.9 Å². The van der Waals surface area contributed by atoms with E-state index in [1.165, 1.54) is 19.3 Å². The van der Waals surface area contributed by atoms with Crippen molar-refractivity contribution < 1.29 is 57.5 Å². The number of ether oxygens (including phenoxy) is 2. The van der Waals surface area contributed by atoms with Gasteiger partial charge >= 0.3 is 5.97 Å². The van der Waals surface area contributed by atoms with Gasteiger partial charge in [0.2, 0.25) is 23.6 Å². The molecule has 392 valence electrons. The molecular weight excluding hydrogens is 903 g/mol. The number of carbonyl (C=O) groups excluding carboxylic acids is 8. The Labute approximate surface area is 414 Å². The highest BCUT2D eigenvalue weighted by Gasteiger charge is 2.44. The summed E-state index contributed by atoms with van der Waals surface area (Å²) in [5.41, 5.74) is 0.885. The van der Waals surface area contributed by atoms with E-state index in [1.54, 1.807) is 30.8 Å². The van der Waals surface area contributed by atoms with Crippen LogP contribution >= 0.6 is 0 Å². The van der Waals surface area contributed by atoms with Crippen LogP contribution in [0.1, 0.15) is 118 Å². The summed E-state index contributed by atoms with van der Waals surface area (Å²) in [6, 6.07) is 6.00. The highest BCUT2D eigenvalue weighted by Crippen LogP contribution is 2.30. The summed E-state index contributed by atoms with van der Waals surface area (Å²) in [5, 5.41) is 7.89. The lowest BCUT2D eigenvalue weighted by Gasteiger charge is -2.41. The van der Waals surface area contributed by atoms with Crippen molar-refractivity contribution in [2.24, 2.45) is 23.7 Å². The number of likely N-dealkylation sites (N-methyl/N-ethyl adjacent to an activating group) is 2. The molecule has 0 spiro atoms. The number of methoxy groups -OCH3 is 2. The lowest BCUT2D eigenvalue weighted by Crippen LogP contribution is -2.60. The standard InChI is InChI=1S/C51H81N7O12/c1-12-34(6)46(55(9)51(66)44(32(2)3)53-49(64)45(33(4)5)54(8)26-19-23-43(62)70-58-40(59)24-25-41(58)60)39(67-10)31-42(61)56-27-18-22-38(56)47(68-11)35(7)48(63)52-37(30-36-20-14-13-15-21-36)50(65)57-28-16-17-29-69-57/h13-15,20-21,32-35,37-39,44-47H,12,16-19,22-31H2,1-11H3,(H,52,63)(H,53,64)/t34?,35?,37?,38-,39?,44?,45?,46?,47?/m0/s1. The fourth-order valence-corrected chi connectivity index (χ4v) is 10.0. The summed E-state index contributed by atoms with van der Waals surface area (Å²) < 4.78 is 12.1. The fourth-order valence-electron chi connectivity index (χ4n) is 10.0. The van der Waals surface area contributed by atoms with Crippen LogP contribution in [0.3, 0.4) is 0 Å². The minimum atomic E-state index is -0.926. The van der Waals surface area contributed by atoms with Gasteiger partial charge in [-0.05, 0) is 69.0 Å². The summed E-state index contributed by atoms with van der Waals surface area (Å²) >= 11 is 0. The predicted molar refractivity (Wildman–Crippen MR) is 260 cm³/mol. The predicted octanol–water partition coefficient (Wildman–Crippen LogP) is 3.67. The fraction of sp³-hybridized carbons (Fsp3) is 0.725. The molecule has 70 heavy (non-hydrogen) atoms. The van der Waals surface area contributed by atoms with Crippen LogP contribution in [0, 0.1) is 23.7 Å². The number of nitrogens with one attached hydrogen (secondary N) is 2. The van der Waals surface area contributed by atoms with E-state index in [4.69, 9.17) is 19.1 Å². The third-order valence-electron chi connectivity index (χ3n) is 14.1. The quantitative estimate of drug-likeness (QED) is 0.127. The van der Waals surface area contributed by atoms with Crippen molar-refractivity contribution in [1.29, 1.82) is 0 Å². The van der Waals surface area contributed by atoms with E-state index in [-0.39, 0.29) is 85.8 Å². The number of benzene rings is 1. The highest BCUT2D eigenvalue weighted by molar-refractivity contribution is 6.01. The van der Waals surface area contributed by atoms with Crippen LogP contribution < -0.4 is 10.6 Å². The van der Waals surface area contributed by atoms with Crippen LogP contribution in [0.4, 0.5) is 0 Å². The molecule has 3 aliphatic heterocycles. The largest absolute Gasteiger partial charge is 0.379 e. The van der Waals surface area contributed by atoms with Gasteiger partial charge < -0.3 is 34.7 Å². The summed E-state index contributed by atoms with van der Waals surface area (Å²) in [6.07, 6.45) is 2.60. The summed E-state index contributed by atoms with van der Waals surface area (Å²) in [5.74, 6) is -4.80. The van der Waals surface area contributed by atoms with Gasteiger partial charge in [-0.15, -0.1) is 5.06 Å². The number of amides is 7. The SMILES string of the molecule is CCC(C)C(C(CC(=O)N1CCC[C@H]1C(OC)C(C)C(=O)NC(Cc1ccccc1)C(=O)N1CCCCO1)OC)N(C)C(=O)C(NC(=O)C(C(C)C)N(C)CCCC(=O)ON1C(=O)CCC1=O)C(C)C. The van der Waals surface area contributed by atoms with Gasteiger partial charge in [-0.2, -0.15) is 0 Å². The van der Waals surface area contributed by atoms with E-state index in [9.17, 15) is 38.4 Å². The Hall–Kier alpha value is -4.98. The molecule has 1 aromatic rings. The van der Waals surface area contributed by atoms with Crippen molar-refractivity contribution in [2.75, 3.05) is 54.6 Å². The molecule has 3 heterocycles. The highest BCUT2D eigenvalue weighted by atomic mass is 16.7. The molecule has 0 aliphatic carbocycles. The smallest absolute Gasteiger partial charge is 0.333 e. The first-order valence-corrected chi connectivity index (χ1v) is 25.2. The van der Waals surface area contributed by atoms with E-state index in [0.29, 0.717) is 50.6 Å². The van der Waals surface area contributed by atoms with E-state index in [1.807, 2.05) is 76.8 Å². The molecular formula is C51H81N7O12. The van der Waals surface area contributed by atoms with Crippen molar-refractivity contribution in [3.8, 4) is 0 Å². The van der Waals surface area contributed by atoms with Crippen LogP contribution in [-0.4, -0.2) is 169 Å². The molecule has 7 amide bonds. The molecule has 3 aliphatic rings. The number of hydrogen-bond donors (Lipinski definition) is 2. The minimum Gasteiger partial charge on any atom is -0.379 e. The Morgan fingerprint density at radius 1 is 0.843 bits per heavy atom. The van der Waals surface area contributed by atoms with Gasteiger partial charge in [0, 0.05) is 60.0 Å². The van der Waals surface area contributed by atoms with E-state index < -0.39 is 66.1 Å². The third-order valence-corrected chi connectivity index (χ3v) is 14.1. The van der Waals surface area contributed by atoms with Crippen molar-refractivity contribution in [2.45, 2.75) is 162 Å². The lowest BCUT2D eigenvalue weighted by atomic mass is 9.89. The van der Waals surface area contributed by atoms with Crippen LogP contribution in [0.5, 0.6) is 0 Å². The van der Waals surface area contributed by atoms with Crippen LogP contribution in [0.25, 0.3) is 0 Å². The first kappa shape index (κ1) is 57.6. The summed E-state index contributed by atoms with van der Waals surface area (Å²) in [7, 11) is 6.49. The van der Waals surface area contributed by atoms with Gasteiger partial charge in [0.15, 0.2) is 0 Å². The molecule has 0 aromatic heterocycles. The molecule has 0 saturated carbocycles. The lowest BCUT2D eigenvalue weighted by molar-refractivity contribution is -0.199. The summed E-state index contributed by atoms with van der Waals surface area (Å²) in [6.45, 7) is 14.9. The van der Waals surface area contributed by atoms with E-state index in [2.05, 4.69) is 10.6 Å². The molecule has 8 unspecified atom stereocenters. The van der Waals surface area contributed by atoms with Crippen molar-refractivity contribution in [1.82, 2.24) is 35.5 Å². The number of carbonyl (C=O) groups is 8. The van der Waals surface area contributed by atoms with Gasteiger partial charge in [0.05, 0.1) is 49.3 Å². The zero-order valence-corrected chi connectivity index (χ0v) is 43.5. The second-order valence-corrected chi connectivity index (χ2v) is 19.9. The van der Waals surface area contributed by atoms with Crippen LogP contribution in [0.2, 0.25) is 0 Å². The molecule has 19 heteroatoms. The number of imide groups is 1. The molecule has 3 saturated heterocycles. The van der Waals surface area contributed by atoms with Gasteiger partial charge in [-0.1, -0.05) is 85.2 Å². The molecule has 19 nitrogen and oxygen atoms in total. The summed E-state index contributed by atoms with van der Waals surface area (Å²) in [4.78, 5) is 123. The molecule has 0 radical (unpaired) electrons. The van der Waals surface area contributed by atoms with E-state index in [0.717, 1.165) is 18.4 Å². The number of rotatable bonds is 26. The molecule has 2 N–H and O–H groups in total. The Morgan fingerprint density at radius 2 is 1.51 bits per heavy atom. The number of nitrogens with zero attached hydrogens (tertiary/aromatic N) is 5. The number of likely N-dealkylation sites (tertiary alicyclic amines) is 1. The topological polar surface area (TPSA) is 214 Å². The Kier molecular flexibility index (Phi) is 22.7. The maximum Gasteiger partial charge on any atom is 0.333 e. The van der Waals surface area contributed by atoms with Gasteiger partial charge in [0.25, 0.3) is 17.7 Å².